The van der Waals surface area contributed by atoms with Crippen LogP contribution in [-0.2, 0) is 4.74 Å². The standard InChI is InChI=1S/C23H30N2O3/c1-3-5-7-8-14-26-20-15-24-23(25-16-20)18-10-12-19(13-11-18)27-17-22-21(28-22)9-6-4-2/h3,10-13,15-16,21-22H,1,4-9,14,17H2,2H3/t21-,22-/m0/s1. The molecule has 2 atom stereocenters. The summed E-state index contributed by atoms with van der Waals surface area (Å²) >= 11 is 0. The maximum absolute atomic E-state index is 5.83. The summed E-state index contributed by atoms with van der Waals surface area (Å²) in [4.78, 5) is 8.81. The van der Waals surface area contributed by atoms with Gasteiger partial charge in [-0.2, -0.15) is 0 Å². The molecule has 28 heavy (non-hydrogen) atoms. The molecule has 0 amide bonds. The van der Waals surface area contributed by atoms with E-state index in [0.717, 1.165) is 37.0 Å². The number of aromatic nitrogens is 2. The van der Waals surface area contributed by atoms with Gasteiger partial charge in [-0.1, -0.05) is 25.8 Å². The number of benzene rings is 1. The SMILES string of the molecule is C=CCCCCOc1cnc(-c2ccc(OC[C@@H]3O[C@H]3CCCC)cc2)nc1. The molecule has 1 aliphatic heterocycles. The van der Waals surface area contributed by atoms with E-state index in [9.17, 15) is 0 Å². The zero-order valence-corrected chi connectivity index (χ0v) is 16.7. The van der Waals surface area contributed by atoms with Crippen molar-refractivity contribution in [3.63, 3.8) is 0 Å². The van der Waals surface area contributed by atoms with Gasteiger partial charge < -0.3 is 14.2 Å². The highest BCUT2D eigenvalue weighted by Gasteiger charge is 2.38. The van der Waals surface area contributed by atoms with Gasteiger partial charge in [0.2, 0.25) is 0 Å². The summed E-state index contributed by atoms with van der Waals surface area (Å²) < 4.78 is 17.1. The van der Waals surface area contributed by atoms with Gasteiger partial charge in [-0.15, -0.1) is 6.58 Å². The third-order valence-electron chi connectivity index (χ3n) is 4.76. The second-order valence-corrected chi connectivity index (χ2v) is 7.07. The Morgan fingerprint density at radius 2 is 1.79 bits per heavy atom. The summed E-state index contributed by atoms with van der Waals surface area (Å²) in [6.07, 6.45) is 12.7. The number of hydrogen-bond donors (Lipinski definition) is 0. The Hall–Kier alpha value is -2.40. The third-order valence-corrected chi connectivity index (χ3v) is 4.76. The second kappa shape index (κ2) is 10.8. The van der Waals surface area contributed by atoms with E-state index in [2.05, 4.69) is 23.5 Å². The lowest BCUT2D eigenvalue weighted by atomic mass is 10.1. The predicted molar refractivity (Wildman–Crippen MR) is 111 cm³/mol. The van der Waals surface area contributed by atoms with Crippen LogP contribution in [0, 0.1) is 0 Å². The first-order valence-corrected chi connectivity index (χ1v) is 10.2. The van der Waals surface area contributed by atoms with Crippen LogP contribution in [0.3, 0.4) is 0 Å². The van der Waals surface area contributed by atoms with Gasteiger partial charge in [0.05, 0.1) is 25.1 Å². The fourth-order valence-electron chi connectivity index (χ4n) is 2.98. The molecule has 0 saturated carbocycles. The molecule has 0 unspecified atom stereocenters. The highest BCUT2D eigenvalue weighted by Crippen LogP contribution is 2.28. The van der Waals surface area contributed by atoms with Crippen molar-refractivity contribution in [1.29, 1.82) is 0 Å². The van der Waals surface area contributed by atoms with E-state index >= 15 is 0 Å². The molecule has 1 aliphatic rings. The molecule has 1 aromatic heterocycles. The Bertz CT molecular complexity index is 716. The summed E-state index contributed by atoms with van der Waals surface area (Å²) in [5.41, 5.74) is 0.952. The van der Waals surface area contributed by atoms with Gasteiger partial charge in [0, 0.05) is 5.56 Å². The zero-order valence-electron chi connectivity index (χ0n) is 16.7. The van der Waals surface area contributed by atoms with Gasteiger partial charge in [0.15, 0.2) is 11.6 Å². The van der Waals surface area contributed by atoms with Crippen LogP contribution in [0.4, 0.5) is 0 Å². The second-order valence-electron chi connectivity index (χ2n) is 7.07. The van der Waals surface area contributed by atoms with E-state index in [1.807, 2.05) is 30.3 Å². The van der Waals surface area contributed by atoms with Crippen LogP contribution in [0.1, 0.15) is 45.4 Å². The van der Waals surface area contributed by atoms with Crippen molar-refractivity contribution in [1.82, 2.24) is 9.97 Å². The van der Waals surface area contributed by atoms with Gasteiger partial charge >= 0.3 is 0 Å². The van der Waals surface area contributed by atoms with Crippen LogP contribution in [0.2, 0.25) is 0 Å². The fraction of sp³-hybridized carbons (Fsp3) is 0.478. The lowest BCUT2D eigenvalue weighted by Gasteiger charge is -2.07. The van der Waals surface area contributed by atoms with Crippen LogP contribution in [0.25, 0.3) is 11.4 Å². The summed E-state index contributed by atoms with van der Waals surface area (Å²) in [6.45, 7) is 7.21. The van der Waals surface area contributed by atoms with Crippen LogP contribution in [-0.4, -0.2) is 35.4 Å². The van der Waals surface area contributed by atoms with Gasteiger partial charge in [0.1, 0.15) is 18.5 Å². The van der Waals surface area contributed by atoms with Crippen LogP contribution < -0.4 is 9.47 Å². The van der Waals surface area contributed by atoms with Crippen molar-refractivity contribution < 1.29 is 14.2 Å². The number of hydrogen-bond acceptors (Lipinski definition) is 5. The van der Waals surface area contributed by atoms with Crippen molar-refractivity contribution >= 4 is 0 Å². The molecular formula is C23H30N2O3. The number of epoxide rings is 1. The first-order valence-electron chi connectivity index (χ1n) is 10.2. The van der Waals surface area contributed by atoms with E-state index in [1.54, 1.807) is 12.4 Å². The topological polar surface area (TPSA) is 56.8 Å². The quantitative estimate of drug-likeness (QED) is 0.270. The van der Waals surface area contributed by atoms with E-state index in [0.29, 0.717) is 30.9 Å². The van der Waals surface area contributed by atoms with Gasteiger partial charge in [-0.25, -0.2) is 9.97 Å². The molecule has 5 heteroatoms. The van der Waals surface area contributed by atoms with Crippen molar-refractivity contribution in [2.24, 2.45) is 0 Å². The number of allylic oxidation sites excluding steroid dienone is 1. The van der Waals surface area contributed by atoms with Gasteiger partial charge in [0.25, 0.3) is 0 Å². The highest BCUT2D eigenvalue weighted by molar-refractivity contribution is 5.56. The monoisotopic (exact) mass is 382 g/mol. The largest absolute Gasteiger partial charge is 0.491 e. The average molecular weight is 383 g/mol. The van der Waals surface area contributed by atoms with E-state index < -0.39 is 0 Å². The Labute approximate surface area is 167 Å². The van der Waals surface area contributed by atoms with Crippen molar-refractivity contribution in [3.8, 4) is 22.9 Å². The molecule has 0 aliphatic carbocycles. The maximum Gasteiger partial charge on any atom is 0.159 e. The molecule has 0 radical (unpaired) electrons. The maximum atomic E-state index is 5.83. The minimum Gasteiger partial charge on any atom is -0.491 e. The molecular weight excluding hydrogens is 352 g/mol. The molecule has 1 aromatic carbocycles. The van der Waals surface area contributed by atoms with Crippen LogP contribution >= 0.6 is 0 Å². The summed E-state index contributed by atoms with van der Waals surface area (Å²) in [6, 6.07) is 7.85. The van der Waals surface area contributed by atoms with Crippen molar-refractivity contribution in [2.75, 3.05) is 13.2 Å². The Morgan fingerprint density at radius 1 is 1.00 bits per heavy atom. The smallest absolute Gasteiger partial charge is 0.159 e. The van der Waals surface area contributed by atoms with E-state index in [4.69, 9.17) is 14.2 Å². The minimum absolute atomic E-state index is 0.249. The number of rotatable bonds is 13. The molecule has 5 nitrogen and oxygen atoms in total. The summed E-state index contributed by atoms with van der Waals surface area (Å²) in [5, 5.41) is 0. The van der Waals surface area contributed by atoms with E-state index in [1.165, 1.54) is 12.8 Å². The first-order chi connectivity index (χ1) is 13.8. The van der Waals surface area contributed by atoms with Gasteiger partial charge in [-0.05, 0) is 49.9 Å². The predicted octanol–water partition coefficient (Wildman–Crippen LogP) is 5.22. The minimum atomic E-state index is 0.249. The van der Waals surface area contributed by atoms with E-state index in [-0.39, 0.29) is 6.10 Å². The molecule has 1 saturated heterocycles. The van der Waals surface area contributed by atoms with Crippen LogP contribution in [0.15, 0.2) is 49.3 Å². The fourth-order valence-corrected chi connectivity index (χ4v) is 2.98. The molecule has 3 rings (SSSR count). The van der Waals surface area contributed by atoms with Crippen molar-refractivity contribution in [3.05, 3.63) is 49.3 Å². The Kier molecular flexibility index (Phi) is 7.85. The number of ether oxygens (including phenoxy) is 3. The molecule has 2 aromatic rings. The van der Waals surface area contributed by atoms with Gasteiger partial charge in [-0.3, -0.25) is 0 Å². The number of unbranched alkanes of at least 4 members (excludes halogenated alkanes) is 3. The van der Waals surface area contributed by atoms with Crippen molar-refractivity contribution in [2.45, 2.75) is 57.7 Å². The molecule has 1 fully saturated rings. The Morgan fingerprint density at radius 3 is 2.50 bits per heavy atom. The normalized spacial score (nSPS) is 17.9. The zero-order chi connectivity index (χ0) is 19.6. The lowest BCUT2D eigenvalue weighted by Crippen LogP contribution is -2.07. The molecule has 2 heterocycles. The molecule has 0 bridgehead atoms. The van der Waals surface area contributed by atoms with Crippen LogP contribution in [0.5, 0.6) is 11.5 Å². The number of nitrogens with zero attached hydrogens (tertiary/aromatic N) is 2. The summed E-state index contributed by atoms with van der Waals surface area (Å²) in [7, 11) is 0. The average Bonchev–Trinajstić information content (AvgIpc) is 3.50. The highest BCUT2D eigenvalue weighted by atomic mass is 16.6. The molecule has 0 N–H and O–H groups in total. The summed E-state index contributed by atoms with van der Waals surface area (Å²) in [5.74, 6) is 2.22. The lowest BCUT2D eigenvalue weighted by molar-refractivity contribution is 0.259. The third kappa shape index (κ3) is 6.34. The first kappa shape index (κ1) is 20.3. The Balaban J connectivity index is 1.42. The molecule has 150 valence electrons. The molecule has 0 spiro atoms.